The van der Waals surface area contributed by atoms with Crippen LogP contribution in [0.1, 0.15) is 49.4 Å². The smallest absolute Gasteiger partial charge is 0.248 e. The van der Waals surface area contributed by atoms with Gasteiger partial charge in [-0.1, -0.05) is 5.16 Å². The average molecular weight is 277 g/mol. The summed E-state index contributed by atoms with van der Waals surface area (Å²) in [5, 5.41) is 3.79. The van der Waals surface area contributed by atoms with E-state index >= 15 is 0 Å². The predicted molar refractivity (Wildman–Crippen MR) is 65.8 cm³/mol. The summed E-state index contributed by atoms with van der Waals surface area (Å²) >= 11 is 1.69. The summed E-state index contributed by atoms with van der Waals surface area (Å²) in [7, 11) is 0. The third kappa shape index (κ3) is 3.20. The number of thioether (sulfide) groups is 1. The third-order valence-corrected chi connectivity index (χ3v) is 3.82. The van der Waals surface area contributed by atoms with Crippen molar-refractivity contribution in [1.82, 2.24) is 10.1 Å². The highest BCUT2D eigenvalue weighted by Crippen LogP contribution is 2.43. The molecule has 1 aliphatic rings. The molecule has 0 aromatic carbocycles. The van der Waals surface area contributed by atoms with Crippen LogP contribution in [0.3, 0.4) is 0 Å². The Labute approximate surface area is 109 Å². The van der Waals surface area contributed by atoms with Gasteiger partial charge in [-0.15, -0.1) is 0 Å². The zero-order valence-corrected chi connectivity index (χ0v) is 11.1. The summed E-state index contributed by atoms with van der Waals surface area (Å²) in [5.74, 6) is -1.26. The Kier molecular flexibility index (Phi) is 4.21. The van der Waals surface area contributed by atoms with Crippen molar-refractivity contribution in [2.45, 2.75) is 43.6 Å². The van der Waals surface area contributed by atoms with Crippen molar-refractivity contribution in [1.29, 1.82) is 0 Å². The van der Waals surface area contributed by atoms with Gasteiger partial charge in [0.05, 0.1) is 6.04 Å². The molecule has 0 bridgehead atoms. The van der Waals surface area contributed by atoms with Gasteiger partial charge in [0.2, 0.25) is 11.8 Å². The zero-order chi connectivity index (χ0) is 13.2. The fraction of sp³-hybridized carbons (Fsp3) is 0.818. The maximum Gasteiger partial charge on any atom is 0.248 e. The molecular formula is C11H17F2N3OS. The highest BCUT2D eigenvalue weighted by molar-refractivity contribution is 7.98. The lowest BCUT2D eigenvalue weighted by Gasteiger charge is -2.06. The molecule has 0 radical (unpaired) electrons. The summed E-state index contributed by atoms with van der Waals surface area (Å²) in [6, 6.07) is -0.305. The van der Waals surface area contributed by atoms with Crippen LogP contribution in [-0.4, -0.2) is 28.1 Å². The van der Waals surface area contributed by atoms with Crippen LogP contribution in [-0.2, 0) is 0 Å². The van der Waals surface area contributed by atoms with E-state index in [-0.39, 0.29) is 24.8 Å². The molecule has 1 heterocycles. The van der Waals surface area contributed by atoms with Crippen molar-refractivity contribution < 1.29 is 13.3 Å². The van der Waals surface area contributed by atoms with Crippen LogP contribution in [0.2, 0.25) is 0 Å². The zero-order valence-electron chi connectivity index (χ0n) is 10.2. The molecule has 0 amide bonds. The highest BCUT2D eigenvalue weighted by atomic mass is 32.2. The van der Waals surface area contributed by atoms with Crippen molar-refractivity contribution in [2.75, 3.05) is 12.0 Å². The van der Waals surface area contributed by atoms with Gasteiger partial charge in [0.15, 0.2) is 5.82 Å². The molecule has 1 aromatic heterocycles. The molecule has 7 heteroatoms. The van der Waals surface area contributed by atoms with Gasteiger partial charge >= 0.3 is 0 Å². The van der Waals surface area contributed by atoms with E-state index in [9.17, 15) is 8.78 Å². The number of nitrogens with two attached hydrogens (primary N) is 1. The number of nitrogens with zero attached hydrogens (tertiary/aromatic N) is 2. The lowest BCUT2D eigenvalue weighted by molar-refractivity contribution is 0.00750. The minimum absolute atomic E-state index is 0.0972. The fourth-order valence-electron chi connectivity index (χ4n) is 2.10. The van der Waals surface area contributed by atoms with Gasteiger partial charge in [-0.05, 0) is 24.9 Å². The lowest BCUT2D eigenvalue weighted by atomic mass is 10.1. The minimum atomic E-state index is -2.59. The quantitative estimate of drug-likeness (QED) is 0.896. The van der Waals surface area contributed by atoms with Crippen molar-refractivity contribution in [3.8, 4) is 0 Å². The number of alkyl halides is 2. The highest BCUT2D eigenvalue weighted by Gasteiger charge is 2.42. The Morgan fingerprint density at radius 3 is 3.00 bits per heavy atom. The Morgan fingerprint density at radius 2 is 2.39 bits per heavy atom. The van der Waals surface area contributed by atoms with Crippen LogP contribution in [0, 0.1) is 0 Å². The molecule has 102 valence electrons. The average Bonchev–Trinajstić information content (AvgIpc) is 2.92. The van der Waals surface area contributed by atoms with Gasteiger partial charge < -0.3 is 10.3 Å². The van der Waals surface area contributed by atoms with E-state index in [1.807, 2.05) is 6.26 Å². The van der Waals surface area contributed by atoms with Gasteiger partial charge in [0.1, 0.15) is 0 Å². The van der Waals surface area contributed by atoms with Gasteiger partial charge in [0.25, 0.3) is 0 Å². The van der Waals surface area contributed by atoms with Crippen LogP contribution in [0.15, 0.2) is 4.52 Å². The van der Waals surface area contributed by atoms with Gasteiger partial charge in [0, 0.05) is 18.8 Å². The molecule has 1 aromatic rings. The minimum Gasteiger partial charge on any atom is -0.338 e. The number of rotatable bonds is 5. The topological polar surface area (TPSA) is 64.9 Å². The van der Waals surface area contributed by atoms with E-state index in [1.54, 1.807) is 11.8 Å². The molecule has 2 rings (SSSR count). The second-order valence-corrected chi connectivity index (χ2v) is 5.66. The van der Waals surface area contributed by atoms with E-state index < -0.39 is 5.92 Å². The van der Waals surface area contributed by atoms with Crippen LogP contribution in [0.5, 0.6) is 0 Å². The molecule has 0 aliphatic heterocycles. The molecule has 2 atom stereocenters. The maximum atomic E-state index is 13.1. The Hall–Kier alpha value is -0.690. The number of hydrogen-bond donors (Lipinski definition) is 1. The van der Waals surface area contributed by atoms with E-state index in [1.165, 1.54) is 0 Å². The second-order valence-electron chi connectivity index (χ2n) is 4.67. The summed E-state index contributed by atoms with van der Waals surface area (Å²) in [6.45, 7) is 0. The van der Waals surface area contributed by atoms with E-state index in [0.29, 0.717) is 18.1 Å². The van der Waals surface area contributed by atoms with Gasteiger partial charge in [-0.2, -0.15) is 16.7 Å². The number of hydrogen-bond acceptors (Lipinski definition) is 5. The first-order valence-corrected chi connectivity index (χ1v) is 7.37. The van der Waals surface area contributed by atoms with Crippen molar-refractivity contribution in [3.63, 3.8) is 0 Å². The van der Waals surface area contributed by atoms with Crippen LogP contribution >= 0.6 is 11.8 Å². The van der Waals surface area contributed by atoms with Crippen molar-refractivity contribution in [3.05, 3.63) is 11.7 Å². The maximum absolute atomic E-state index is 13.1. The van der Waals surface area contributed by atoms with Crippen molar-refractivity contribution in [2.24, 2.45) is 5.73 Å². The monoisotopic (exact) mass is 277 g/mol. The second kappa shape index (κ2) is 5.52. The molecular weight excluding hydrogens is 260 g/mol. The van der Waals surface area contributed by atoms with E-state index in [2.05, 4.69) is 10.1 Å². The standard InChI is InChI=1S/C11H17F2N3OS/c1-18-5-3-8(14)10-15-9(16-17-10)7-2-4-11(12,13)6-7/h7-8H,2-6,14H2,1H3/t7?,8-/m0/s1. The molecule has 4 nitrogen and oxygen atoms in total. The number of aromatic nitrogens is 2. The molecule has 2 N–H and O–H groups in total. The van der Waals surface area contributed by atoms with E-state index in [4.69, 9.17) is 10.3 Å². The molecule has 0 saturated heterocycles. The number of halogens is 2. The van der Waals surface area contributed by atoms with Crippen LogP contribution in [0.25, 0.3) is 0 Å². The molecule has 18 heavy (non-hydrogen) atoms. The summed E-state index contributed by atoms with van der Waals surface area (Å²) in [4.78, 5) is 4.17. The SMILES string of the molecule is CSCC[C@H](N)c1nc(C2CCC(F)(F)C2)no1. The third-order valence-electron chi connectivity index (χ3n) is 3.18. The summed E-state index contributed by atoms with van der Waals surface area (Å²) < 4.78 is 31.3. The first-order valence-electron chi connectivity index (χ1n) is 5.97. The molecule has 1 fully saturated rings. The molecule has 1 unspecified atom stereocenters. The largest absolute Gasteiger partial charge is 0.338 e. The normalized spacial score (nSPS) is 24.3. The first kappa shape index (κ1) is 13.7. The lowest BCUT2D eigenvalue weighted by Crippen LogP contribution is -2.12. The fourth-order valence-corrected chi connectivity index (χ4v) is 2.59. The molecule has 1 saturated carbocycles. The predicted octanol–water partition coefficient (Wildman–Crippen LogP) is 2.73. The first-order chi connectivity index (χ1) is 8.52. The molecule has 1 aliphatic carbocycles. The van der Waals surface area contributed by atoms with Crippen LogP contribution in [0.4, 0.5) is 8.78 Å². The van der Waals surface area contributed by atoms with Gasteiger partial charge in [-0.3, -0.25) is 0 Å². The van der Waals surface area contributed by atoms with Crippen LogP contribution < -0.4 is 5.73 Å². The Morgan fingerprint density at radius 1 is 1.61 bits per heavy atom. The summed E-state index contributed by atoms with van der Waals surface area (Å²) in [6.07, 6.45) is 2.86. The van der Waals surface area contributed by atoms with E-state index in [0.717, 1.165) is 12.2 Å². The Balaban J connectivity index is 1.98. The van der Waals surface area contributed by atoms with Gasteiger partial charge in [-0.25, -0.2) is 8.78 Å². The Bertz CT molecular complexity index is 399. The summed E-state index contributed by atoms with van der Waals surface area (Å²) in [5.41, 5.74) is 5.89. The van der Waals surface area contributed by atoms with Crippen molar-refractivity contribution >= 4 is 11.8 Å². The molecule has 0 spiro atoms.